The van der Waals surface area contributed by atoms with Crippen LogP contribution in [-0.4, -0.2) is 10.7 Å². The van der Waals surface area contributed by atoms with Crippen molar-refractivity contribution in [2.75, 3.05) is 0 Å². The van der Waals surface area contributed by atoms with E-state index in [1.54, 1.807) is 0 Å². The molecule has 1 aromatic carbocycles. The fourth-order valence-corrected chi connectivity index (χ4v) is 1.55. The van der Waals surface area contributed by atoms with E-state index in [1.807, 2.05) is 0 Å². The van der Waals surface area contributed by atoms with Crippen molar-refractivity contribution in [2.24, 2.45) is 0 Å². The van der Waals surface area contributed by atoms with Gasteiger partial charge in [-0.2, -0.15) is 0 Å². The van der Waals surface area contributed by atoms with E-state index in [0.717, 1.165) is 12.1 Å². The molecular weight excluding hydrogens is 205 g/mol. The molecule has 1 aliphatic rings. The molecule has 0 aromatic heterocycles. The highest BCUT2D eigenvalue weighted by Gasteiger charge is 2.39. The summed E-state index contributed by atoms with van der Waals surface area (Å²) >= 11 is 0. The normalized spacial score (nSPS) is 17.9. The summed E-state index contributed by atoms with van der Waals surface area (Å²) in [6, 6.07) is 1.67. The largest absolute Gasteiger partial charge is 0.390 e. The lowest BCUT2D eigenvalue weighted by Gasteiger charge is -2.09. The van der Waals surface area contributed by atoms with Gasteiger partial charge in [0.25, 0.3) is 0 Å². The summed E-state index contributed by atoms with van der Waals surface area (Å²) in [5.74, 6) is -2.94. The molecule has 0 amide bonds. The standard InChI is InChI=1S/C11H11F3O/c12-8-1-2-9(13)10(14)7(8)3-4-11(15)5-6-11/h1-2,15H,3-6H2. The average Bonchev–Trinajstić information content (AvgIpc) is 2.91. The maximum absolute atomic E-state index is 13.2. The Bertz CT molecular complexity index is 386. The number of hydrogen-bond acceptors (Lipinski definition) is 1. The van der Waals surface area contributed by atoms with Crippen LogP contribution in [0.2, 0.25) is 0 Å². The van der Waals surface area contributed by atoms with Gasteiger partial charge >= 0.3 is 0 Å². The fourth-order valence-electron chi connectivity index (χ4n) is 1.55. The molecule has 1 N–H and O–H groups in total. The van der Waals surface area contributed by atoms with Crippen molar-refractivity contribution in [2.45, 2.75) is 31.3 Å². The van der Waals surface area contributed by atoms with Crippen LogP contribution in [0.3, 0.4) is 0 Å². The van der Waals surface area contributed by atoms with Gasteiger partial charge in [-0.1, -0.05) is 0 Å². The molecule has 1 saturated carbocycles. The minimum absolute atomic E-state index is 0.0337. The van der Waals surface area contributed by atoms with Gasteiger partial charge in [0, 0.05) is 5.56 Å². The van der Waals surface area contributed by atoms with Gasteiger partial charge in [0.15, 0.2) is 11.6 Å². The Morgan fingerprint density at radius 2 is 1.73 bits per heavy atom. The van der Waals surface area contributed by atoms with Crippen LogP contribution in [0.15, 0.2) is 12.1 Å². The molecule has 82 valence electrons. The zero-order chi connectivity index (χ0) is 11.1. The third kappa shape index (κ3) is 2.15. The van der Waals surface area contributed by atoms with Crippen LogP contribution >= 0.6 is 0 Å². The third-order valence-corrected chi connectivity index (χ3v) is 2.81. The molecule has 0 radical (unpaired) electrons. The van der Waals surface area contributed by atoms with Crippen LogP contribution < -0.4 is 0 Å². The fraction of sp³-hybridized carbons (Fsp3) is 0.455. The number of benzene rings is 1. The van der Waals surface area contributed by atoms with Crippen LogP contribution in [0, 0.1) is 17.5 Å². The van der Waals surface area contributed by atoms with Crippen molar-refractivity contribution >= 4 is 0 Å². The topological polar surface area (TPSA) is 20.2 Å². The first-order valence-corrected chi connectivity index (χ1v) is 4.87. The Kier molecular flexibility index (Phi) is 2.46. The van der Waals surface area contributed by atoms with Gasteiger partial charge in [0.05, 0.1) is 5.60 Å². The van der Waals surface area contributed by atoms with Crippen LogP contribution in [0.25, 0.3) is 0 Å². The Morgan fingerprint density at radius 1 is 1.13 bits per heavy atom. The Hall–Kier alpha value is -1.03. The van der Waals surface area contributed by atoms with E-state index in [0.29, 0.717) is 12.8 Å². The molecule has 0 bridgehead atoms. The SMILES string of the molecule is OC1(CCc2c(F)ccc(F)c2F)CC1. The Morgan fingerprint density at radius 3 is 2.33 bits per heavy atom. The van der Waals surface area contributed by atoms with Gasteiger partial charge in [-0.25, -0.2) is 13.2 Å². The Labute approximate surface area is 85.5 Å². The second-order valence-electron chi connectivity index (χ2n) is 4.05. The van der Waals surface area contributed by atoms with Gasteiger partial charge < -0.3 is 5.11 Å². The van der Waals surface area contributed by atoms with Crippen molar-refractivity contribution < 1.29 is 18.3 Å². The van der Waals surface area contributed by atoms with Crippen molar-refractivity contribution in [3.63, 3.8) is 0 Å². The summed E-state index contributed by atoms with van der Waals surface area (Å²) in [4.78, 5) is 0. The van der Waals surface area contributed by atoms with E-state index in [2.05, 4.69) is 0 Å². The summed E-state index contributed by atoms with van der Waals surface area (Å²) in [5, 5.41) is 9.50. The van der Waals surface area contributed by atoms with E-state index >= 15 is 0 Å². The van der Waals surface area contributed by atoms with E-state index in [9.17, 15) is 18.3 Å². The first-order chi connectivity index (χ1) is 7.02. The van der Waals surface area contributed by atoms with Crippen molar-refractivity contribution in [1.29, 1.82) is 0 Å². The van der Waals surface area contributed by atoms with Crippen LogP contribution in [0.4, 0.5) is 13.2 Å². The predicted molar refractivity (Wildman–Crippen MR) is 48.8 cm³/mol. The molecular formula is C11H11F3O. The smallest absolute Gasteiger partial charge is 0.164 e. The zero-order valence-electron chi connectivity index (χ0n) is 8.06. The van der Waals surface area contributed by atoms with Crippen molar-refractivity contribution in [3.05, 3.63) is 35.1 Å². The van der Waals surface area contributed by atoms with Gasteiger partial charge in [-0.15, -0.1) is 0 Å². The quantitative estimate of drug-likeness (QED) is 0.770. The van der Waals surface area contributed by atoms with Crippen LogP contribution in [-0.2, 0) is 6.42 Å². The Balaban J connectivity index is 2.16. The lowest BCUT2D eigenvalue weighted by molar-refractivity contribution is 0.140. The summed E-state index contributed by atoms with van der Waals surface area (Å²) in [6.45, 7) is 0. The number of rotatable bonds is 3. The number of hydrogen-bond donors (Lipinski definition) is 1. The minimum Gasteiger partial charge on any atom is -0.390 e. The molecule has 0 spiro atoms. The summed E-state index contributed by atoms with van der Waals surface area (Å²) < 4.78 is 39.1. The first kappa shape index (κ1) is 10.5. The molecule has 2 rings (SSSR count). The van der Waals surface area contributed by atoms with E-state index in [4.69, 9.17) is 0 Å². The van der Waals surface area contributed by atoms with Gasteiger partial charge in [0.2, 0.25) is 0 Å². The monoisotopic (exact) mass is 216 g/mol. The van der Waals surface area contributed by atoms with Crippen molar-refractivity contribution in [3.8, 4) is 0 Å². The van der Waals surface area contributed by atoms with E-state index < -0.39 is 23.1 Å². The summed E-state index contributed by atoms with van der Waals surface area (Å²) in [5.41, 5.74) is -1.04. The van der Waals surface area contributed by atoms with E-state index in [1.165, 1.54) is 0 Å². The number of halogens is 3. The van der Waals surface area contributed by atoms with Gasteiger partial charge in [-0.3, -0.25) is 0 Å². The maximum Gasteiger partial charge on any atom is 0.164 e. The first-order valence-electron chi connectivity index (χ1n) is 4.87. The molecule has 0 atom stereocenters. The maximum atomic E-state index is 13.2. The highest BCUT2D eigenvalue weighted by atomic mass is 19.2. The second-order valence-corrected chi connectivity index (χ2v) is 4.05. The molecule has 1 aliphatic carbocycles. The lowest BCUT2D eigenvalue weighted by Crippen LogP contribution is -2.10. The van der Waals surface area contributed by atoms with Crippen LogP contribution in [0.1, 0.15) is 24.8 Å². The predicted octanol–water partition coefficient (Wildman–Crippen LogP) is 2.56. The molecule has 0 heterocycles. The molecule has 4 heteroatoms. The third-order valence-electron chi connectivity index (χ3n) is 2.81. The average molecular weight is 216 g/mol. The number of aliphatic hydroxyl groups is 1. The molecule has 0 aliphatic heterocycles. The second kappa shape index (κ2) is 3.52. The highest BCUT2D eigenvalue weighted by molar-refractivity contribution is 5.22. The van der Waals surface area contributed by atoms with E-state index in [-0.39, 0.29) is 18.4 Å². The summed E-state index contributed by atoms with van der Waals surface area (Å²) in [7, 11) is 0. The lowest BCUT2D eigenvalue weighted by atomic mass is 10.0. The molecule has 1 aromatic rings. The zero-order valence-corrected chi connectivity index (χ0v) is 8.06. The summed E-state index contributed by atoms with van der Waals surface area (Å²) in [6.07, 6.45) is 1.63. The minimum atomic E-state index is -1.14. The van der Waals surface area contributed by atoms with Crippen LogP contribution in [0.5, 0.6) is 0 Å². The van der Waals surface area contributed by atoms with Crippen molar-refractivity contribution in [1.82, 2.24) is 0 Å². The molecule has 0 unspecified atom stereocenters. The highest BCUT2D eigenvalue weighted by Crippen LogP contribution is 2.39. The molecule has 1 fully saturated rings. The molecule has 1 nitrogen and oxygen atoms in total. The van der Waals surface area contributed by atoms with Gasteiger partial charge in [0.1, 0.15) is 5.82 Å². The molecule has 15 heavy (non-hydrogen) atoms. The molecule has 0 saturated heterocycles. The van der Waals surface area contributed by atoms with Gasteiger partial charge in [-0.05, 0) is 37.8 Å².